The summed E-state index contributed by atoms with van der Waals surface area (Å²) < 4.78 is 13.1. The van der Waals surface area contributed by atoms with Crippen molar-refractivity contribution in [1.29, 1.82) is 0 Å². The van der Waals surface area contributed by atoms with Crippen LogP contribution in [0.1, 0.15) is 25.3 Å². The maximum Gasteiger partial charge on any atom is 0.123 e. The maximum absolute atomic E-state index is 13.1. The summed E-state index contributed by atoms with van der Waals surface area (Å²) in [7, 11) is 0. The van der Waals surface area contributed by atoms with Crippen molar-refractivity contribution in [3.8, 4) is 0 Å². The van der Waals surface area contributed by atoms with Gasteiger partial charge in [0.25, 0.3) is 0 Å². The first kappa shape index (κ1) is 11.0. The van der Waals surface area contributed by atoms with E-state index in [4.69, 9.17) is 0 Å². The predicted octanol–water partition coefficient (Wildman–Crippen LogP) is 2.93. The van der Waals surface area contributed by atoms with Crippen molar-refractivity contribution in [1.82, 2.24) is 0 Å². The normalized spacial score (nSPS) is 31.5. The van der Waals surface area contributed by atoms with E-state index in [0.717, 1.165) is 12.8 Å². The Morgan fingerprint density at radius 3 is 2.93 bits per heavy atom. The summed E-state index contributed by atoms with van der Waals surface area (Å²) in [6.07, 6.45) is 1.71. The van der Waals surface area contributed by atoms with Gasteiger partial charge in [-0.15, -0.1) is 0 Å². The Kier molecular flexibility index (Phi) is 3.03. The zero-order valence-electron chi connectivity index (χ0n) is 8.74. The molecular formula is C12H15FOS. The van der Waals surface area contributed by atoms with Gasteiger partial charge in [-0.2, -0.15) is 11.8 Å². The lowest BCUT2D eigenvalue weighted by molar-refractivity contribution is 0.0468. The van der Waals surface area contributed by atoms with Gasteiger partial charge in [0.05, 0.1) is 5.60 Å². The largest absolute Gasteiger partial charge is 0.384 e. The standard InChI is InChI=1S/C12H15FOS/c1-9-5-6-12(14,8-15-9)10-3-2-4-11(13)7-10/h2-4,7,9,14H,5-6,8H2,1H3/t9-,12+/m1/s1. The number of hydrogen-bond donors (Lipinski definition) is 1. The molecule has 1 aromatic rings. The fraction of sp³-hybridized carbons (Fsp3) is 0.500. The Morgan fingerprint density at radius 2 is 2.33 bits per heavy atom. The summed E-state index contributed by atoms with van der Waals surface area (Å²) in [6, 6.07) is 6.31. The summed E-state index contributed by atoms with van der Waals surface area (Å²) in [4.78, 5) is 0. The van der Waals surface area contributed by atoms with Crippen molar-refractivity contribution in [2.75, 3.05) is 5.75 Å². The van der Waals surface area contributed by atoms with Crippen LogP contribution in [0.4, 0.5) is 4.39 Å². The highest BCUT2D eigenvalue weighted by Gasteiger charge is 2.34. The van der Waals surface area contributed by atoms with Crippen LogP contribution < -0.4 is 0 Å². The third-order valence-electron chi connectivity index (χ3n) is 2.93. The highest BCUT2D eigenvalue weighted by atomic mass is 32.2. The summed E-state index contributed by atoms with van der Waals surface area (Å²) in [6.45, 7) is 2.16. The predicted molar refractivity (Wildman–Crippen MR) is 61.5 cm³/mol. The average Bonchev–Trinajstić information content (AvgIpc) is 2.23. The molecular weight excluding hydrogens is 211 g/mol. The van der Waals surface area contributed by atoms with Crippen LogP contribution in [0.3, 0.4) is 0 Å². The number of benzene rings is 1. The lowest BCUT2D eigenvalue weighted by Crippen LogP contribution is -2.34. The molecule has 0 aliphatic carbocycles. The van der Waals surface area contributed by atoms with Crippen molar-refractivity contribution < 1.29 is 9.50 Å². The molecule has 0 radical (unpaired) electrons. The molecule has 82 valence electrons. The van der Waals surface area contributed by atoms with Gasteiger partial charge in [0.2, 0.25) is 0 Å². The van der Waals surface area contributed by atoms with Crippen LogP contribution in [0.5, 0.6) is 0 Å². The van der Waals surface area contributed by atoms with E-state index in [2.05, 4.69) is 6.92 Å². The van der Waals surface area contributed by atoms with E-state index in [-0.39, 0.29) is 5.82 Å². The van der Waals surface area contributed by atoms with Crippen molar-refractivity contribution in [2.24, 2.45) is 0 Å². The van der Waals surface area contributed by atoms with Gasteiger partial charge in [0.15, 0.2) is 0 Å². The van der Waals surface area contributed by atoms with Crippen molar-refractivity contribution in [2.45, 2.75) is 30.6 Å². The first-order valence-corrected chi connectivity index (χ1v) is 6.25. The van der Waals surface area contributed by atoms with Crippen LogP contribution in [-0.2, 0) is 5.60 Å². The second-order valence-corrected chi connectivity index (χ2v) is 5.63. The van der Waals surface area contributed by atoms with Crippen LogP contribution in [0.25, 0.3) is 0 Å². The molecule has 0 bridgehead atoms. The van der Waals surface area contributed by atoms with E-state index in [1.54, 1.807) is 23.9 Å². The first-order valence-electron chi connectivity index (χ1n) is 5.20. The van der Waals surface area contributed by atoms with E-state index in [1.165, 1.54) is 12.1 Å². The molecule has 1 aliphatic rings. The molecule has 2 atom stereocenters. The first-order chi connectivity index (χ1) is 7.10. The molecule has 1 saturated heterocycles. The van der Waals surface area contributed by atoms with Gasteiger partial charge in [-0.1, -0.05) is 19.1 Å². The van der Waals surface area contributed by atoms with E-state index < -0.39 is 5.60 Å². The Morgan fingerprint density at radius 1 is 1.53 bits per heavy atom. The van der Waals surface area contributed by atoms with E-state index in [0.29, 0.717) is 16.6 Å². The minimum atomic E-state index is -0.834. The molecule has 0 amide bonds. The van der Waals surface area contributed by atoms with Crippen molar-refractivity contribution in [3.63, 3.8) is 0 Å². The lowest BCUT2D eigenvalue weighted by Gasteiger charge is -2.34. The molecule has 0 unspecified atom stereocenters. The van der Waals surface area contributed by atoms with Crippen LogP contribution in [0.2, 0.25) is 0 Å². The fourth-order valence-corrected chi connectivity index (χ4v) is 3.04. The van der Waals surface area contributed by atoms with Gasteiger partial charge in [-0.05, 0) is 30.5 Å². The second-order valence-electron chi connectivity index (χ2n) is 4.20. The molecule has 1 aromatic carbocycles. The van der Waals surface area contributed by atoms with Gasteiger partial charge in [0, 0.05) is 11.0 Å². The third kappa shape index (κ3) is 2.34. The SMILES string of the molecule is C[C@@H]1CC[C@@](O)(c2cccc(F)c2)CS1. The molecule has 1 heterocycles. The number of thioether (sulfide) groups is 1. The zero-order chi connectivity index (χ0) is 10.9. The lowest BCUT2D eigenvalue weighted by atomic mass is 9.90. The van der Waals surface area contributed by atoms with Crippen molar-refractivity contribution in [3.05, 3.63) is 35.6 Å². The summed E-state index contributed by atoms with van der Waals surface area (Å²) in [5, 5.41) is 11.0. The van der Waals surface area contributed by atoms with Crippen LogP contribution >= 0.6 is 11.8 Å². The Bertz CT molecular complexity index is 345. The molecule has 0 aromatic heterocycles. The summed E-state index contributed by atoms with van der Waals surface area (Å²) >= 11 is 1.75. The Hall–Kier alpha value is -0.540. The van der Waals surface area contributed by atoms with Gasteiger partial charge < -0.3 is 5.11 Å². The van der Waals surface area contributed by atoms with E-state index in [1.807, 2.05) is 0 Å². The van der Waals surface area contributed by atoms with Crippen LogP contribution in [-0.4, -0.2) is 16.1 Å². The van der Waals surface area contributed by atoms with Gasteiger partial charge in [-0.25, -0.2) is 4.39 Å². The Labute approximate surface area is 93.7 Å². The minimum absolute atomic E-state index is 0.274. The highest BCUT2D eigenvalue weighted by molar-refractivity contribution is 7.99. The highest BCUT2D eigenvalue weighted by Crippen LogP contribution is 2.38. The van der Waals surface area contributed by atoms with Crippen molar-refractivity contribution >= 4 is 11.8 Å². The van der Waals surface area contributed by atoms with E-state index >= 15 is 0 Å². The molecule has 2 rings (SSSR count). The molecule has 1 N–H and O–H groups in total. The maximum atomic E-state index is 13.1. The second kappa shape index (κ2) is 4.14. The average molecular weight is 226 g/mol. The van der Waals surface area contributed by atoms with E-state index in [9.17, 15) is 9.50 Å². The third-order valence-corrected chi connectivity index (χ3v) is 4.38. The van der Waals surface area contributed by atoms with Crippen LogP contribution in [0, 0.1) is 5.82 Å². The van der Waals surface area contributed by atoms with Gasteiger partial charge >= 0.3 is 0 Å². The minimum Gasteiger partial charge on any atom is -0.384 e. The molecule has 0 spiro atoms. The molecule has 0 saturated carbocycles. The molecule has 1 fully saturated rings. The summed E-state index contributed by atoms with van der Waals surface area (Å²) in [5.41, 5.74) is -0.124. The number of aliphatic hydroxyl groups is 1. The fourth-order valence-electron chi connectivity index (χ4n) is 1.88. The zero-order valence-corrected chi connectivity index (χ0v) is 9.56. The van der Waals surface area contributed by atoms with Crippen LogP contribution in [0.15, 0.2) is 24.3 Å². The number of rotatable bonds is 1. The Balaban J connectivity index is 2.22. The molecule has 15 heavy (non-hydrogen) atoms. The monoisotopic (exact) mass is 226 g/mol. The molecule has 1 aliphatic heterocycles. The quantitative estimate of drug-likeness (QED) is 0.794. The topological polar surface area (TPSA) is 20.2 Å². The van der Waals surface area contributed by atoms with Gasteiger partial charge in [-0.3, -0.25) is 0 Å². The molecule has 1 nitrogen and oxygen atoms in total. The molecule has 3 heteroatoms. The number of halogens is 1. The van der Waals surface area contributed by atoms with Gasteiger partial charge in [0.1, 0.15) is 5.82 Å². The summed E-state index contributed by atoms with van der Waals surface area (Å²) in [5.74, 6) is 0.391. The number of hydrogen-bond acceptors (Lipinski definition) is 2. The smallest absolute Gasteiger partial charge is 0.123 e.